The van der Waals surface area contributed by atoms with Gasteiger partial charge in [-0.2, -0.15) is 0 Å². The zero-order valence-electron chi connectivity index (χ0n) is 22.0. The second-order valence-corrected chi connectivity index (χ2v) is 10.2. The molecule has 0 bridgehead atoms. The molecule has 1 unspecified atom stereocenters. The number of carbonyl (C=O) groups excluding carboxylic acids is 2. The van der Waals surface area contributed by atoms with Crippen molar-refractivity contribution in [3.05, 3.63) is 94.0 Å². The number of carbonyl (C=O) groups is 2. The van der Waals surface area contributed by atoms with Crippen molar-refractivity contribution in [3.63, 3.8) is 0 Å². The molecule has 0 saturated heterocycles. The van der Waals surface area contributed by atoms with Crippen LogP contribution in [0.2, 0.25) is 0 Å². The lowest BCUT2D eigenvalue weighted by Gasteiger charge is -2.28. The smallest absolute Gasteiger partial charge is 0.224 e. The van der Waals surface area contributed by atoms with Crippen molar-refractivity contribution in [2.45, 2.75) is 58.7 Å². The lowest BCUT2D eigenvalue weighted by atomic mass is 9.93. The van der Waals surface area contributed by atoms with Crippen molar-refractivity contribution < 1.29 is 19.8 Å². The summed E-state index contributed by atoms with van der Waals surface area (Å²) in [7, 11) is 0. The van der Waals surface area contributed by atoms with Crippen LogP contribution in [0.3, 0.4) is 0 Å². The second-order valence-electron chi connectivity index (χ2n) is 10.2. The van der Waals surface area contributed by atoms with Gasteiger partial charge in [-0.05, 0) is 79.6 Å². The molecule has 2 amide bonds. The molecule has 0 aliphatic rings. The molecule has 3 aromatic carbocycles. The Morgan fingerprint density at radius 2 is 1.73 bits per heavy atom. The SMILES string of the molecule is Cc1ccc(CNC(=O)Cc2cccc(CC(C)(C)NCC(O)c3ccc(O)c(NC=O)c3)c2)cc1C. The highest BCUT2D eigenvalue weighted by Gasteiger charge is 2.21. The molecule has 3 rings (SSSR count). The number of anilines is 1. The number of hydrogen-bond donors (Lipinski definition) is 5. The lowest BCUT2D eigenvalue weighted by Crippen LogP contribution is -2.43. The van der Waals surface area contributed by atoms with E-state index in [1.54, 1.807) is 12.1 Å². The number of aromatic hydroxyl groups is 1. The first-order chi connectivity index (χ1) is 17.6. The molecular formula is C30H37N3O4. The molecule has 3 aromatic rings. The van der Waals surface area contributed by atoms with Crippen LogP contribution in [0.1, 0.15) is 53.3 Å². The summed E-state index contributed by atoms with van der Waals surface area (Å²) in [6.45, 7) is 9.05. The number of β-amino-alcohol motifs (C(OH)–C–C–N with tert-alkyl or cyclic N) is 1. The Bertz CT molecular complexity index is 1240. The first-order valence-electron chi connectivity index (χ1n) is 12.4. The number of phenols is 1. The Morgan fingerprint density at radius 3 is 2.46 bits per heavy atom. The fraction of sp³-hybridized carbons (Fsp3) is 0.333. The van der Waals surface area contributed by atoms with Gasteiger partial charge in [-0.3, -0.25) is 9.59 Å². The van der Waals surface area contributed by atoms with Crippen LogP contribution in [0, 0.1) is 13.8 Å². The Labute approximate surface area is 218 Å². The molecule has 0 radical (unpaired) electrons. The maximum absolute atomic E-state index is 12.5. The quantitative estimate of drug-likeness (QED) is 0.189. The maximum Gasteiger partial charge on any atom is 0.224 e. The number of rotatable bonds is 12. The summed E-state index contributed by atoms with van der Waals surface area (Å²) in [6.07, 6.45) is 0.670. The largest absolute Gasteiger partial charge is 0.506 e. The molecule has 5 N–H and O–H groups in total. The fourth-order valence-corrected chi connectivity index (χ4v) is 4.22. The topological polar surface area (TPSA) is 111 Å². The predicted molar refractivity (Wildman–Crippen MR) is 146 cm³/mol. The molecule has 0 aliphatic heterocycles. The highest BCUT2D eigenvalue weighted by molar-refractivity contribution is 5.78. The number of aryl methyl sites for hydroxylation is 2. The van der Waals surface area contributed by atoms with E-state index in [2.05, 4.69) is 55.8 Å². The number of aliphatic hydroxyl groups excluding tert-OH is 1. The van der Waals surface area contributed by atoms with Crippen LogP contribution in [0.4, 0.5) is 5.69 Å². The van der Waals surface area contributed by atoms with Crippen molar-refractivity contribution in [1.29, 1.82) is 0 Å². The number of benzene rings is 3. The van der Waals surface area contributed by atoms with Gasteiger partial charge in [0.1, 0.15) is 5.75 Å². The van der Waals surface area contributed by atoms with Gasteiger partial charge in [-0.25, -0.2) is 0 Å². The molecule has 196 valence electrons. The molecule has 0 heterocycles. The molecule has 7 heteroatoms. The van der Waals surface area contributed by atoms with Gasteiger partial charge in [0.05, 0.1) is 18.2 Å². The van der Waals surface area contributed by atoms with Gasteiger partial charge in [0.2, 0.25) is 12.3 Å². The van der Waals surface area contributed by atoms with Crippen molar-refractivity contribution in [2.75, 3.05) is 11.9 Å². The van der Waals surface area contributed by atoms with E-state index < -0.39 is 6.10 Å². The van der Waals surface area contributed by atoms with Crippen LogP contribution >= 0.6 is 0 Å². The van der Waals surface area contributed by atoms with E-state index >= 15 is 0 Å². The van der Waals surface area contributed by atoms with E-state index in [1.165, 1.54) is 17.2 Å². The summed E-state index contributed by atoms with van der Waals surface area (Å²) < 4.78 is 0. The molecule has 37 heavy (non-hydrogen) atoms. The average molecular weight is 504 g/mol. The highest BCUT2D eigenvalue weighted by Crippen LogP contribution is 2.27. The first kappa shape index (κ1) is 27.9. The summed E-state index contributed by atoms with van der Waals surface area (Å²) in [5.41, 5.74) is 6.08. The van der Waals surface area contributed by atoms with E-state index in [-0.39, 0.29) is 22.9 Å². The minimum absolute atomic E-state index is 0.0202. The van der Waals surface area contributed by atoms with Gasteiger partial charge >= 0.3 is 0 Å². The summed E-state index contributed by atoms with van der Waals surface area (Å²) in [4.78, 5) is 23.3. The Balaban J connectivity index is 1.53. The van der Waals surface area contributed by atoms with Crippen LogP contribution in [0.5, 0.6) is 5.75 Å². The Hall–Kier alpha value is -3.68. The van der Waals surface area contributed by atoms with E-state index in [0.29, 0.717) is 37.9 Å². The third-order valence-corrected chi connectivity index (χ3v) is 6.46. The third-order valence-electron chi connectivity index (χ3n) is 6.46. The maximum atomic E-state index is 12.5. The number of nitrogens with one attached hydrogen (secondary N) is 3. The van der Waals surface area contributed by atoms with Crippen LogP contribution in [0.25, 0.3) is 0 Å². The molecule has 7 nitrogen and oxygen atoms in total. The Kier molecular flexibility index (Phi) is 9.44. The number of hydrogen-bond acceptors (Lipinski definition) is 5. The van der Waals surface area contributed by atoms with E-state index in [9.17, 15) is 19.8 Å². The van der Waals surface area contributed by atoms with Gasteiger partial charge in [0.25, 0.3) is 0 Å². The van der Waals surface area contributed by atoms with E-state index in [0.717, 1.165) is 16.7 Å². The van der Waals surface area contributed by atoms with Crippen molar-refractivity contribution in [3.8, 4) is 5.75 Å². The van der Waals surface area contributed by atoms with Crippen molar-refractivity contribution in [1.82, 2.24) is 10.6 Å². The number of aliphatic hydroxyl groups is 1. The van der Waals surface area contributed by atoms with Gasteiger partial charge < -0.3 is 26.2 Å². The van der Waals surface area contributed by atoms with Crippen LogP contribution < -0.4 is 16.0 Å². The zero-order chi connectivity index (χ0) is 27.0. The second kappa shape index (κ2) is 12.5. The van der Waals surface area contributed by atoms with Gasteiger partial charge in [0, 0.05) is 18.6 Å². The molecule has 0 fully saturated rings. The summed E-state index contributed by atoms with van der Waals surface area (Å²) >= 11 is 0. The molecular weight excluding hydrogens is 466 g/mol. The minimum Gasteiger partial charge on any atom is -0.506 e. The standard InChI is InChI=1S/C30H37N3O4/c1-20-8-9-24(12-21(20)2)17-31-29(37)14-22-6-5-7-23(13-22)16-30(3,4)33-18-28(36)25-10-11-27(35)26(15-25)32-19-34/h5-13,15,19,28,33,35-36H,14,16-18H2,1-4H3,(H,31,37)(H,32,34). The molecule has 0 spiro atoms. The normalized spacial score (nSPS) is 12.1. The molecule has 1 atom stereocenters. The highest BCUT2D eigenvalue weighted by atomic mass is 16.3. The van der Waals surface area contributed by atoms with Crippen LogP contribution in [0.15, 0.2) is 60.7 Å². The lowest BCUT2D eigenvalue weighted by molar-refractivity contribution is -0.120. The predicted octanol–water partition coefficient (Wildman–Crippen LogP) is 4.08. The van der Waals surface area contributed by atoms with Gasteiger partial charge in [-0.15, -0.1) is 0 Å². The molecule has 0 aromatic heterocycles. The average Bonchev–Trinajstić information content (AvgIpc) is 2.85. The number of phenolic OH excluding ortho intramolecular Hbond substituents is 1. The summed E-state index contributed by atoms with van der Waals surface area (Å²) in [5.74, 6) is -0.0802. The third kappa shape index (κ3) is 8.44. The zero-order valence-corrected chi connectivity index (χ0v) is 22.0. The minimum atomic E-state index is -0.820. The van der Waals surface area contributed by atoms with Crippen LogP contribution in [-0.2, 0) is 29.0 Å². The van der Waals surface area contributed by atoms with Crippen molar-refractivity contribution in [2.24, 2.45) is 0 Å². The van der Waals surface area contributed by atoms with Gasteiger partial charge in [0.15, 0.2) is 0 Å². The van der Waals surface area contributed by atoms with E-state index in [1.807, 2.05) is 30.3 Å². The fourth-order valence-electron chi connectivity index (χ4n) is 4.22. The molecule has 0 aliphatic carbocycles. The summed E-state index contributed by atoms with van der Waals surface area (Å²) in [6, 6.07) is 18.8. The van der Waals surface area contributed by atoms with Crippen LogP contribution in [-0.4, -0.2) is 34.6 Å². The number of amides is 2. The summed E-state index contributed by atoms with van der Waals surface area (Å²) in [5, 5.41) is 29.3. The molecule has 0 saturated carbocycles. The monoisotopic (exact) mass is 503 g/mol. The Morgan fingerprint density at radius 1 is 0.973 bits per heavy atom. The first-order valence-corrected chi connectivity index (χ1v) is 12.4. The van der Waals surface area contributed by atoms with Gasteiger partial charge in [-0.1, -0.05) is 48.5 Å². The van der Waals surface area contributed by atoms with E-state index in [4.69, 9.17) is 0 Å². The van der Waals surface area contributed by atoms with Crippen molar-refractivity contribution >= 4 is 18.0 Å².